The highest BCUT2D eigenvalue weighted by Crippen LogP contribution is 2.22. The number of ether oxygens (including phenoxy) is 2. The summed E-state index contributed by atoms with van der Waals surface area (Å²) < 4.78 is 25.2. The van der Waals surface area contributed by atoms with Crippen LogP contribution in [0, 0.1) is 5.82 Å². The molecule has 3 nitrogen and oxygen atoms in total. The van der Waals surface area contributed by atoms with Crippen LogP contribution in [0.4, 0.5) is 4.39 Å². The molecule has 21 heavy (non-hydrogen) atoms. The van der Waals surface area contributed by atoms with E-state index in [0.29, 0.717) is 6.61 Å². The monoisotopic (exact) mass is 353 g/mol. The van der Waals surface area contributed by atoms with Crippen LogP contribution in [-0.4, -0.2) is 20.3 Å². The van der Waals surface area contributed by atoms with Crippen molar-refractivity contribution in [1.29, 1.82) is 0 Å². The molecule has 2 aromatic carbocycles. The van der Waals surface area contributed by atoms with Crippen molar-refractivity contribution in [3.8, 4) is 11.5 Å². The molecule has 1 N–H and O–H groups in total. The molecule has 0 aromatic heterocycles. The molecule has 112 valence electrons. The Bertz CT molecular complexity index is 592. The smallest absolute Gasteiger partial charge is 0.165 e. The Morgan fingerprint density at radius 3 is 2.71 bits per heavy atom. The van der Waals surface area contributed by atoms with Gasteiger partial charge in [-0.05, 0) is 42.9 Å². The first-order valence-corrected chi connectivity index (χ1v) is 7.42. The van der Waals surface area contributed by atoms with Crippen molar-refractivity contribution in [2.24, 2.45) is 0 Å². The Balaban J connectivity index is 1.81. The van der Waals surface area contributed by atoms with Gasteiger partial charge in [0.25, 0.3) is 0 Å². The van der Waals surface area contributed by atoms with Crippen LogP contribution < -0.4 is 14.8 Å². The number of rotatable bonds is 7. The van der Waals surface area contributed by atoms with Gasteiger partial charge in [-0.15, -0.1) is 0 Å². The predicted octanol–water partition coefficient (Wildman–Crippen LogP) is 3.77. The molecule has 0 heterocycles. The van der Waals surface area contributed by atoms with Crippen LogP contribution in [0.2, 0.25) is 0 Å². The minimum Gasteiger partial charge on any atom is -0.490 e. The van der Waals surface area contributed by atoms with Gasteiger partial charge in [0.1, 0.15) is 19.0 Å². The van der Waals surface area contributed by atoms with E-state index < -0.39 is 0 Å². The molecule has 0 radical (unpaired) electrons. The average Bonchev–Trinajstić information content (AvgIpc) is 2.48. The third kappa shape index (κ3) is 5.02. The van der Waals surface area contributed by atoms with Crippen molar-refractivity contribution in [3.63, 3.8) is 0 Å². The fourth-order valence-corrected chi connectivity index (χ4v) is 2.19. The van der Waals surface area contributed by atoms with Crippen molar-refractivity contribution < 1.29 is 13.9 Å². The summed E-state index contributed by atoms with van der Waals surface area (Å²) in [6.45, 7) is 1.43. The van der Waals surface area contributed by atoms with E-state index in [0.717, 1.165) is 22.3 Å². The second kappa shape index (κ2) is 8.00. The van der Waals surface area contributed by atoms with Crippen LogP contribution in [0.25, 0.3) is 0 Å². The van der Waals surface area contributed by atoms with Gasteiger partial charge in [0.15, 0.2) is 11.6 Å². The van der Waals surface area contributed by atoms with Crippen LogP contribution in [0.5, 0.6) is 11.5 Å². The lowest BCUT2D eigenvalue weighted by molar-refractivity contribution is 0.211. The van der Waals surface area contributed by atoms with Gasteiger partial charge in [-0.3, -0.25) is 0 Å². The lowest BCUT2D eigenvalue weighted by Gasteiger charge is -2.10. The normalized spacial score (nSPS) is 10.4. The van der Waals surface area contributed by atoms with Crippen molar-refractivity contribution >= 4 is 15.9 Å². The van der Waals surface area contributed by atoms with Gasteiger partial charge in [0.05, 0.1) is 0 Å². The lowest BCUT2D eigenvalue weighted by Crippen LogP contribution is -2.10. The second-order valence-corrected chi connectivity index (χ2v) is 5.37. The molecule has 0 bridgehead atoms. The van der Waals surface area contributed by atoms with Crippen LogP contribution in [0.3, 0.4) is 0 Å². The third-order valence-electron chi connectivity index (χ3n) is 2.78. The standard InChI is InChI=1S/C16H17BrFNO2/c1-19-11-12-3-2-4-14(9-12)20-7-8-21-16-10-13(17)5-6-15(16)18/h2-6,9-10,19H,7-8,11H2,1H3. The maximum absolute atomic E-state index is 13.5. The fourth-order valence-electron chi connectivity index (χ4n) is 1.85. The first-order chi connectivity index (χ1) is 10.2. The van der Waals surface area contributed by atoms with Crippen molar-refractivity contribution in [3.05, 3.63) is 58.3 Å². The molecule has 0 saturated heterocycles. The van der Waals surface area contributed by atoms with Crippen molar-refractivity contribution in [2.45, 2.75) is 6.54 Å². The zero-order valence-corrected chi connectivity index (χ0v) is 13.3. The van der Waals surface area contributed by atoms with E-state index in [2.05, 4.69) is 21.2 Å². The minimum atomic E-state index is -0.380. The molecule has 0 fully saturated rings. The number of nitrogens with one attached hydrogen (secondary N) is 1. The third-order valence-corrected chi connectivity index (χ3v) is 3.28. The molecule has 0 aliphatic rings. The minimum absolute atomic E-state index is 0.219. The molecule has 0 saturated carbocycles. The van der Waals surface area contributed by atoms with Gasteiger partial charge >= 0.3 is 0 Å². The van der Waals surface area contributed by atoms with Crippen LogP contribution >= 0.6 is 15.9 Å². The molecular weight excluding hydrogens is 337 g/mol. The predicted molar refractivity (Wildman–Crippen MR) is 84.3 cm³/mol. The molecule has 0 amide bonds. The van der Waals surface area contributed by atoms with Crippen LogP contribution in [0.15, 0.2) is 46.9 Å². The number of halogens is 2. The Morgan fingerprint density at radius 1 is 1.10 bits per heavy atom. The van der Waals surface area contributed by atoms with Gasteiger partial charge in [0, 0.05) is 11.0 Å². The first kappa shape index (κ1) is 15.8. The average molecular weight is 354 g/mol. The summed E-state index contributed by atoms with van der Waals surface area (Å²) in [5.74, 6) is 0.618. The van der Waals surface area contributed by atoms with E-state index in [1.807, 2.05) is 31.3 Å². The zero-order chi connectivity index (χ0) is 15.1. The maximum Gasteiger partial charge on any atom is 0.165 e. The number of hydrogen-bond donors (Lipinski definition) is 1. The molecule has 2 rings (SSSR count). The Labute approximate surface area is 132 Å². The number of benzene rings is 2. The summed E-state index contributed by atoms with van der Waals surface area (Å²) in [6.07, 6.45) is 0. The second-order valence-electron chi connectivity index (χ2n) is 4.45. The van der Waals surface area contributed by atoms with E-state index in [-0.39, 0.29) is 18.2 Å². The maximum atomic E-state index is 13.5. The number of hydrogen-bond acceptors (Lipinski definition) is 3. The first-order valence-electron chi connectivity index (χ1n) is 6.63. The molecule has 2 aromatic rings. The quantitative estimate of drug-likeness (QED) is 0.768. The summed E-state index contributed by atoms with van der Waals surface area (Å²) in [6, 6.07) is 12.4. The lowest BCUT2D eigenvalue weighted by atomic mass is 10.2. The Morgan fingerprint density at radius 2 is 1.90 bits per heavy atom. The summed E-state index contributed by atoms with van der Waals surface area (Å²) in [4.78, 5) is 0. The molecule has 0 spiro atoms. The highest BCUT2D eigenvalue weighted by Gasteiger charge is 2.04. The largest absolute Gasteiger partial charge is 0.490 e. The van der Waals surface area contributed by atoms with E-state index >= 15 is 0 Å². The van der Waals surface area contributed by atoms with E-state index in [9.17, 15) is 4.39 Å². The highest BCUT2D eigenvalue weighted by atomic mass is 79.9. The molecular formula is C16H17BrFNO2. The fraction of sp³-hybridized carbons (Fsp3) is 0.250. The Kier molecular flexibility index (Phi) is 6.02. The van der Waals surface area contributed by atoms with Crippen molar-refractivity contribution in [1.82, 2.24) is 5.32 Å². The summed E-state index contributed by atoms with van der Waals surface area (Å²) in [5, 5.41) is 3.09. The summed E-state index contributed by atoms with van der Waals surface area (Å²) in [5.41, 5.74) is 1.15. The van der Waals surface area contributed by atoms with E-state index in [4.69, 9.17) is 9.47 Å². The van der Waals surface area contributed by atoms with Gasteiger partial charge in [-0.2, -0.15) is 0 Å². The zero-order valence-electron chi connectivity index (χ0n) is 11.7. The molecule has 0 unspecified atom stereocenters. The van der Waals surface area contributed by atoms with E-state index in [1.165, 1.54) is 6.07 Å². The molecule has 0 aliphatic carbocycles. The summed E-state index contributed by atoms with van der Waals surface area (Å²) in [7, 11) is 1.90. The molecule has 5 heteroatoms. The van der Waals surface area contributed by atoms with Gasteiger partial charge in [-0.25, -0.2) is 4.39 Å². The highest BCUT2D eigenvalue weighted by molar-refractivity contribution is 9.10. The van der Waals surface area contributed by atoms with Crippen molar-refractivity contribution in [2.75, 3.05) is 20.3 Å². The topological polar surface area (TPSA) is 30.5 Å². The van der Waals surface area contributed by atoms with Gasteiger partial charge in [0.2, 0.25) is 0 Å². The van der Waals surface area contributed by atoms with Crippen LogP contribution in [0.1, 0.15) is 5.56 Å². The summed E-state index contributed by atoms with van der Waals surface area (Å²) >= 11 is 3.28. The van der Waals surface area contributed by atoms with Gasteiger partial charge in [-0.1, -0.05) is 28.1 Å². The van der Waals surface area contributed by atoms with Gasteiger partial charge < -0.3 is 14.8 Å². The van der Waals surface area contributed by atoms with E-state index in [1.54, 1.807) is 12.1 Å². The molecule has 0 aliphatic heterocycles. The van der Waals surface area contributed by atoms with Crippen LogP contribution in [-0.2, 0) is 6.54 Å². The Hall–Kier alpha value is -1.59. The SMILES string of the molecule is CNCc1cccc(OCCOc2cc(Br)ccc2F)c1. The molecule has 0 atom stereocenters.